The quantitative estimate of drug-likeness (QED) is 0.337. The lowest BCUT2D eigenvalue weighted by atomic mass is 9.77. The van der Waals surface area contributed by atoms with Crippen LogP contribution >= 0.6 is 0 Å². The van der Waals surface area contributed by atoms with E-state index in [1.54, 1.807) is 17.1 Å². The van der Waals surface area contributed by atoms with Gasteiger partial charge in [0.2, 0.25) is 17.7 Å². The Balaban J connectivity index is 1.61. The number of nitrogens with zero attached hydrogens (tertiary/aromatic N) is 2. The zero-order chi connectivity index (χ0) is 32.3. The van der Waals surface area contributed by atoms with Crippen molar-refractivity contribution >= 4 is 23.7 Å². The molecule has 1 aromatic carbocycles. The van der Waals surface area contributed by atoms with Gasteiger partial charge in [0.1, 0.15) is 18.2 Å². The van der Waals surface area contributed by atoms with Crippen LogP contribution in [0.15, 0.2) is 54.6 Å². The molecule has 8 atom stereocenters. The maximum absolute atomic E-state index is 14.7. The Morgan fingerprint density at radius 3 is 2.51 bits per heavy atom. The molecule has 45 heavy (non-hydrogen) atoms. The van der Waals surface area contributed by atoms with Crippen LogP contribution < -0.4 is 5.32 Å². The van der Waals surface area contributed by atoms with E-state index >= 15 is 0 Å². The van der Waals surface area contributed by atoms with E-state index in [1.807, 2.05) is 63.3 Å². The Kier molecular flexibility index (Phi) is 10.1. The summed E-state index contributed by atoms with van der Waals surface area (Å²) in [6.45, 7) is 8.09. The van der Waals surface area contributed by atoms with Crippen LogP contribution in [0, 0.1) is 17.8 Å². The molecule has 5 rings (SSSR count). The van der Waals surface area contributed by atoms with E-state index in [0.717, 1.165) is 18.4 Å². The molecule has 10 nitrogen and oxygen atoms in total. The van der Waals surface area contributed by atoms with Gasteiger partial charge in [0.15, 0.2) is 0 Å². The number of benzene rings is 1. The third-order valence-corrected chi connectivity index (χ3v) is 9.62. The van der Waals surface area contributed by atoms with Crippen molar-refractivity contribution in [2.75, 3.05) is 19.8 Å². The second kappa shape index (κ2) is 13.9. The van der Waals surface area contributed by atoms with Gasteiger partial charge in [0.25, 0.3) is 0 Å². The monoisotopic (exact) mass is 621 g/mol. The average molecular weight is 622 g/mol. The molecule has 1 spiro atoms. The van der Waals surface area contributed by atoms with Crippen molar-refractivity contribution in [1.82, 2.24) is 15.1 Å². The van der Waals surface area contributed by atoms with Crippen molar-refractivity contribution in [2.45, 2.75) is 95.7 Å². The molecule has 2 saturated heterocycles. The third kappa shape index (κ3) is 6.31. The van der Waals surface area contributed by atoms with Crippen LogP contribution in [0.25, 0.3) is 0 Å². The minimum atomic E-state index is -1.41. The minimum absolute atomic E-state index is 0.0569. The van der Waals surface area contributed by atoms with E-state index in [4.69, 9.17) is 9.47 Å². The van der Waals surface area contributed by atoms with Gasteiger partial charge >= 0.3 is 5.97 Å². The van der Waals surface area contributed by atoms with E-state index in [-0.39, 0.29) is 49.4 Å². The van der Waals surface area contributed by atoms with Crippen LogP contribution in [0.4, 0.5) is 0 Å². The number of hydrogen-bond acceptors (Lipinski definition) is 7. The SMILES string of the molecule is CCCC(C)N1CC=C[C@@]23O[C@H]4/C=C\CCC(=O)OC[C@H](c5ccccc5)NC(=O)[C@H]4[C@@H]2C(=O)N([C@@H](CO)CC(C)C)[C@H]3C1=O. The van der Waals surface area contributed by atoms with Gasteiger partial charge in [-0.25, -0.2) is 0 Å². The summed E-state index contributed by atoms with van der Waals surface area (Å²) in [5.74, 6) is -3.21. The molecule has 0 aromatic heterocycles. The largest absolute Gasteiger partial charge is 0.463 e. The first-order chi connectivity index (χ1) is 21.6. The maximum Gasteiger partial charge on any atom is 0.306 e. The molecule has 244 valence electrons. The van der Waals surface area contributed by atoms with Crippen LogP contribution in [-0.4, -0.2) is 88.2 Å². The smallest absolute Gasteiger partial charge is 0.306 e. The van der Waals surface area contributed by atoms with E-state index in [2.05, 4.69) is 12.2 Å². The van der Waals surface area contributed by atoms with Crippen molar-refractivity contribution in [3.05, 3.63) is 60.2 Å². The molecule has 4 aliphatic rings. The van der Waals surface area contributed by atoms with Crippen LogP contribution in [0.5, 0.6) is 0 Å². The molecular formula is C35H47N3O7. The number of aliphatic hydroxyl groups is 1. The molecule has 1 unspecified atom stereocenters. The van der Waals surface area contributed by atoms with E-state index in [1.165, 1.54) is 4.90 Å². The van der Waals surface area contributed by atoms with Crippen LogP contribution in [0.1, 0.15) is 71.4 Å². The normalized spacial score (nSPS) is 32.4. The van der Waals surface area contributed by atoms with Gasteiger partial charge in [-0.2, -0.15) is 0 Å². The summed E-state index contributed by atoms with van der Waals surface area (Å²) in [4.78, 5) is 59.5. The van der Waals surface area contributed by atoms with Crippen LogP contribution in [0.2, 0.25) is 0 Å². The van der Waals surface area contributed by atoms with Gasteiger partial charge < -0.3 is 29.7 Å². The number of hydrogen-bond donors (Lipinski definition) is 2. The van der Waals surface area contributed by atoms with Crippen LogP contribution in [-0.2, 0) is 28.7 Å². The fraction of sp³-hybridized carbons (Fsp3) is 0.600. The summed E-state index contributed by atoms with van der Waals surface area (Å²) < 4.78 is 12.4. The number of rotatable bonds is 8. The standard InChI is InChI=1S/C35H47N3O7/c1-5-12-23(4)37-18-11-17-35-30(33(42)38(31(35)34(37)43)25(20-39)19-22(2)3)29-27(45-35)15-9-10-16-28(40)44-21-26(36-32(29)41)24-13-7-6-8-14-24/h6-9,11,13-15,17,22-23,25-27,29-31,39H,5,10,12,16,18-21H2,1-4H3,(H,36,41)/b15-9-/t23?,25-,26-,27+,29-,30-,31+,35-/m1/s1. The Labute approximate surface area is 265 Å². The first-order valence-electron chi connectivity index (χ1n) is 16.4. The number of ether oxygens (including phenoxy) is 2. The molecule has 0 aliphatic carbocycles. The maximum atomic E-state index is 14.7. The molecule has 0 bridgehead atoms. The minimum Gasteiger partial charge on any atom is -0.463 e. The van der Waals surface area contributed by atoms with Crippen molar-refractivity contribution in [3.63, 3.8) is 0 Å². The first kappa shape index (κ1) is 32.9. The molecule has 4 heterocycles. The predicted octanol–water partition coefficient (Wildman–Crippen LogP) is 3.31. The van der Waals surface area contributed by atoms with Gasteiger partial charge in [-0.15, -0.1) is 0 Å². The molecule has 4 aliphatic heterocycles. The number of likely N-dealkylation sites (tertiary alicyclic amines) is 1. The number of cyclic esters (lactones) is 1. The summed E-state index contributed by atoms with van der Waals surface area (Å²) in [6.07, 6.45) is 9.14. The van der Waals surface area contributed by atoms with E-state index < -0.39 is 47.6 Å². The molecular weight excluding hydrogens is 574 g/mol. The van der Waals surface area contributed by atoms with Crippen LogP contribution in [0.3, 0.4) is 0 Å². The molecule has 2 N–H and O–H groups in total. The summed E-state index contributed by atoms with van der Waals surface area (Å²) in [7, 11) is 0. The molecule has 10 heteroatoms. The zero-order valence-electron chi connectivity index (χ0n) is 26.8. The summed E-state index contributed by atoms with van der Waals surface area (Å²) in [5.41, 5.74) is -0.651. The van der Waals surface area contributed by atoms with Gasteiger partial charge in [0, 0.05) is 19.0 Å². The Hall–Kier alpha value is -3.50. The number of carbonyl (C=O) groups excluding carboxylic acids is 4. The lowest BCUT2D eigenvalue weighted by Gasteiger charge is -2.40. The van der Waals surface area contributed by atoms with Gasteiger partial charge in [-0.3, -0.25) is 19.2 Å². The summed E-state index contributed by atoms with van der Waals surface area (Å²) in [6, 6.07) is 6.88. The lowest BCUT2D eigenvalue weighted by Crippen LogP contribution is -2.59. The van der Waals surface area contributed by atoms with Crippen molar-refractivity contribution < 1.29 is 33.8 Å². The number of amides is 3. The Morgan fingerprint density at radius 1 is 1.07 bits per heavy atom. The Bertz CT molecular complexity index is 1310. The highest BCUT2D eigenvalue weighted by molar-refractivity contribution is 6.00. The van der Waals surface area contributed by atoms with Crippen molar-refractivity contribution in [3.8, 4) is 0 Å². The first-order valence-corrected chi connectivity index (χ1v) is 16.4. The highest BCUT2D eigenvalue weighted by Crippen LogP contribution is 2.53. The number of aliphatic hydroxyl groups excluding tert-OH is 1. The van der Waals surface area contributed by atoms with E-state index in [0.29, 0.717) is 19.4 Å². The molecule has 0 saturated carbocycles. The van der Waals surface area contributed by atoms with Crippen molar-refractivity contribution in [2.24, 2.45) is 17.8 Å². The fourth-order valence-electron chi connectivity index (χ4n) is 7.58. The lowest BCUT2D eigenvalue weighted by molar-refractivity contribution is -0.152. The van der Waals surface area contributed by atoms with E-state index in [9.17, 15) is 24.3 Å². The fourth-order valence-corrected chi connectivity index (χ4v) is 7.58. The van der Waals surface area contributed by atoms with Gasteiger partial charge in [0.05, 0.1) is 36.6 Å². The van der Waals surface area contributed by atoms with Gasteiger partial charge in [-0.05, 0) is 37.7 Å². The average Bonchev–Trinajstić information content (AvgIpc) is 3.40. The highest BCUT2D eigenvalue weighted by atomic mass is 16.5. The summed E-state index contributed by atoms with van der Waals surface area (Å²) in [5, 5.41) is 13.6. The molecule has 3 amide bonds. The Morgan fingerprint density at radius 2 is 1.82 bits per heavy atom. The molecule has 0 radical (unpaired) electrons. The number of fused-ring (bicyclic) bond motifs is 2. The predicted molar refractivity (Wildman–Crippen MR) is 167 cm³/mol. The third-order valence-electron chi connectivity index (χ3n) is 9.62. The second-order valence-electron chi connectivity index (χ2n) is 13.2. The van der Waals surface area contributed by atoms with Crippen molar-refractivity contribution in [1.29, 1.82) is 0 Å². The number of nitrogens with one attached hydrogen (secondary N) is 1. The highest BCUT2D eigenvalue weighted by Gasteiger charge is 2.72. The number of carbonyl (C=O) groups is 4. The zero-order valence-corrected chi connectivity index (χ0v) is 26.8. The molecule has 1 aromatic rings. The number of allylic oxidation sites excluding steroid dienone is 1. The molecule has 2 fully saturated rings. The topological polar surface area (TPSA) is 125 Å². The van der Waals surface area contributed by atoms with Gasteiger partial charge in [-0.1, -0.05) is 81.8 Å². The number of esters is 1. The summed E-state index contributed by atoms with van der Waals surface area (Å²) >= 11 is 0. The second-order valence-corrected chi connectivity index (χ2v) is 13.2.